The molecule has 3 aromatic rings. The first kappa shape index (κ1) is 15.9. The Hall–Kier alpha value is -2.99. The molecule has 2 aromatic carbocycles. The molecule has 7 heteroatoms. The summed E-state index contributed by atoms with van der Waals surface area (Å²) in [6.45, 7) is 1.49. The number of benzene rings is 2. The highest BCUT2D eigenvalue weighted by Crippen LogP contribution is 2.27. The zero-order chi connectivity index (χ0) is 17.1. The molecule has 0 saturated heterocycles. The highest BCUT2D eigenvalue weighted by molar-refractivity contribution is 6.30. The largest absolute Gasteiger partial charge is 0.295 e. The van der Waals surface area contributed by atoms with Crippen LogP contribution < -0.4 is 5.56 Å². The Labute approximate surface area is 142 Å². The highest BCUT2D eigenvalue weighted by Gasteiger charge is 2.11. The molecule has 0 radical (unpaired) electrons. The Morgan fingerprint density at radius 1 is 0.958 bits per heavy atom. The molecule has 1 heterocycles. The number of azo groups is 1. The van der Waals surface area contributed by atoms with Crippen molar-refractivity contribution in [3.63, 3.8) is 0 Å². The maximum Gasteiger partial charge on any atom is 0.292 e. The van der Waals surface area contributed by atoms with Gasteiger partial charge in [-0.25, -0.2) is 0 Å². The lowest BCUT2D eigenvalue weighted by molar-refractivity contribution is 0.101. The molecule has 1 aromatic heterocycles. The Balaban J connectivity index is 1.92. The Bertz CT molecular complexity index is 954. The molecule has 0 aliphatic carbocycles. The van der Waals surface area contributed by atoms with Gasteiger partial charge in [-0.05, 0) is 43.3 Å². The van der Waals surface area contributed by atoms with Gasteiger partial charge >= 0.3 is 0 Å². The summed E-state index contributed by atoms with van der Waals surface area (Å²) in [5.41, 5.74) is 2.23. The summed E-state index contributed by atoms with van der Waals surface area (Å²) < 4.78 is 0. The van der Waals surface area contributed by atoms with Crippen LogP contribution in [-0.4, -0.2) is 16.0 Å². The van der Waals surface area contributed by atoms with E-state index >= 15 is 0 Å². The minimum Gasteiger partial charge on any atom is -0.295 e. The minimum atomic E-state index is -0.371. The predicted octanol–water partition coefficient (Wildman–Crippen LogP) is 4.64. The number of hydrogen-bond donors (Lipinski definition) is 2. The number of hydrogen-bond acceptors (Lipinski definition) is 4. The van der Waals surface area contributed by atoms with Gasteiger partial charge in [-0.15, -0.1) is 5.11 Å². The first-order valence-electron chi connectivity index (χ1n) is 7.14. The predicted molar refractivity (Wildman–Crippen MR) is 92.5 cm³/mol. The lowest BCUT2D eigenvalue weighted by Gasteiger charge is -1.99. The summed E-state index contributed by atoms with van der Waals surface area (Å²) >= 11 is 5.87. The Kier molecular flexibility index (Phi) is 4.39. The topological polar surface area (TPSA) is 90.4 Å². The highest BCUT2D eigenvalue weighted by atomic mass is 35.5. The maximum absolute atomic E-state index is 11.9. The van der Waals surface area contributed by atoms with E-state index in [2.05, 4.69) is 20.4 Å². The van der Waals surface area contributed by atoms with Crippen LogP contribution >= 0.6 is 11.6 Å². The quantitative estimate of drug-likeness (QED) is 0.535. The van der Waals surface area contributed by atoms with Crippen molar-refractivity contribution in [2.24, 2.45) is 10.2 Å². The molecule has 3 rings (SSSR count). The van der Waals surface area contributed by atoms with Gasteiger partial charge in [-0.2, -0.15) is 5.11 Å². The molecule has 0 saturated carbocycles. The van der Waals surface area contributed by atoms with Gasteiger partial charge in [-0.3, -0.25) is 19.8 Å². The van der Waals surface area contributed by atoms with Crippen molar-refractivity contribution in [1.82, 2.24) is 10.2 Å². The fourth-order valence-electron chi connectivity index (χ4n) is 2.14. The number of Topliss-reactive ketones (excluding diaryl/α,β-unsaturated/α-hetero) is 1. The van der Waals surface area contributed by atoms with Crippen LogP contribution in [0.1, 0.15) is 17.3 Å². The number of ketones is 1. The third-order valence-electron chi connectivity index (χ3n) is 3.43. The van der Waals surface area contributed by atoms with Crippen molar-refractivity contribution >= 4 is 28.8 Å². The number of rotatable bonds is 4. The average molecular weight is 341 g/mol. The van der Waals surface area contributed by atoms with Crippen LogP contribution in [0.4, 0.5) is 11.4 Å². The van der Waals surface area contributed by atoms with E-state index in [4.69, 9.17) is 11.6 Å². The normalized spacial score (nSPS) is 11.1. The molecular weight excluding hydrogens is 328 g/mol. The van der Waals surface area contributed by atoms with Crippen molar-refractivity contribution in [1.29, 1.82) is 0 Å². The summed E-state index contributed by atoms with van der Waals surface area (Å²) in [4.78, 5) is 23.2. The molecule has 0 bridgehead atoms. The average Bonchev–Trinajstić information content (AvgIpc) is 2.95. The summed E-state index contributed by atoms with van der Waals surface area (Å²) in [5, 5.41) is 14.0. The van der Waals surface area contributed by atoms with Crippen LogP contribution in [0.3, 0.4) is 0 Å². The van der Waals surface area contributed by atoms with Crippen molar-refractivity contribution in [3.05, 3.63) is 69.5 Å². The number of halogens is 1. The number of carbonyl (C=O) groups is 1. The Morgan fingerprint density at radius 2 is 1.62 bits per heavy atom. The standard InChI is InChI=1S/C17H13ClN4O2/c1-10(23)11-4-8-14(9-5-11)19-21-16-15(20-22-17(16)24)12-2-6-13(18)7-3-12/h2-9H,1H3,(H2,20,22,24). The lowest BCUT2D eigenvalue weighted by Crippen LogP contribution is -1.96. The van der Waals surface area contributed by atoms with Crippen LogP contribution in [0, 0.1) is 0 Å². The number of nitrogens with zero attached hydrogens (tertiary/aromatic N) is 2. The molecule has 0 aliphatic rings. The van der Waals surface area contributed by atoms with Gasteiger partial charge in [-0.1, -0.05) is 23.7 Å². The fraction of sp³-hybridized carbons (Fsp3) is 0.0588. The van der Waals surface area contributed by atoms with E-state index in [0.29, 0.717) is 22.0 Å². The fourth-order valence-corrected chi connectivity index (χ4v) is 2.27. The van der Waals surface area contributed by atoms with Crippen LogP contribution in [0.15, 0.2) is 63.6 Å². The van der Waals surface area contributed by atoms with Gasteiger partial charge in [0.1, 0.15) is 0 Å². The van der Waals surface area contributed by atoms with Crippen molar-refractivity contribution in [2.75, 3.05) is 0 Å². The zero-order valence-electron chi connectivity index (χ0n) is 12.7. The molecule has 2 N–H and O–H groups in total. The summed E-state index contributed by atoms with van der Waals surface area (Å²) in [6.07, 6.45) is 0. The van der Waals surface area contributed by atoms with Gasteiger partial charge in [0.15, 0.2) is 11.5 Å². The first-order valence-corrected chi connectivity index (χ1v) is 7.52. The van der Waals surface area contributed by atoms with Gasteiger partial charge in [0.05, 0.1) is 11.4 Å². The van der Waals surface area contributed by atoms with Crippen molar-refractivity contribution in [3.8, 4) is 11.3 Å². The van der Waals surface area contributed by atoms with E-state index in [0.717, 1.165) is 5.56 Å². The molecule has 0 aliphatic heterocycles. The molecule has 0 amide bonds. The smallest absolute Gasteiger partial charge is 0.292 e. The maximum atomic E-state index is 11.9. The first-order chi connectivity index (χ1) is 11.5. The van der Waals surface area contributed by atoms with E-state index in [1.807, 2.05) is 0 Å². The molecular formula is C17H13ClN4O2. The number of carbonyl (C=O) groups excluding carboxylic acids is 1. The molecule has 0 atom stereocenters. The van der Waals surface area contributed by atoms with Crippen LogP contribution in [0.2, 0.25) is 5.02 Å². The van der Waals surface area contributed by atoms with Gasteiger partial charge in [0.25, 0.3) is 5.56 Å². The van der Waals surface area contributed by atoms with E-state index in [9.17, 15) is 9.59 Å². The monoisotopic (exact) mass is 340 g/mol. The van der Waals surface area contributed by atoms with E-state index < -0.39 is 0 Å². The third-order valence-corrected chi connectivity index (χ3v) is 3.68. The van der Waals surface area contributed by atoms with Crippen LogP contribution in [-0.2, 0) is 0 Å². The van der Waals surface area contributed by atoms with E-state index in [1.54, 1.807) is 48.5 Å². The van der Waals surface area contributed by atoms with Gasteiger partial charge < -0.3 is 0 Å². The number of aromatic amines is 2. The lowest BCUT2D eigenvalue weighted by atomic mass is 10.1. The molecule has 120 valence electrons. The molecule has 6 nitrogen and oxygen atoms in total. The molecule has 0 spiro atoms. The van der Waals surface area contributed by atoms with E-state index in [1.165, 1.54) is 6.92 Å². The van der Waals surface area contributed by atoms with Gasteiger partial charge in [0.2, 0.25) is 0 Å². The van der Waals surface area contributed by atoms with Crippen LogP contribution in [0.5, 0.6) is 0 Å². The third kappa shape index (κ3) is 3.33. The van der Waals surface area contributed by atoms with E-state index in [-0.39, 0.29) is 17.0 Å². The van der Waals surface area contributed by atoms with Crippen molar-refractivity contribution in [2.45, 2.75) is 6.92 Å². The molecule has 24 heavy (non-hydrogen) atoms. The number of nitrogens with one attached hydrogen (secondary N) is 2. The van der Waals surface area contributed by atoms with Crippen LogP contribution in [0.25, 0.3) is 11.3 Å². The molecule has 0 fully saturated rings. The van der Waals surface area contributed by atoms with Crippen molar-refractivity contribution < 1.29 is 4.79 Å². The zero-order valence-corrected chi connectivity index (χ0v) is 13.5. The second kappa shape index (κ2) is 6.64. The second-order valence-electron chi connectivity index (χ2n) is 5.11. The SMILES string of the molecule is CC(=O)c1ccc(N=Nc2c(-c3ccc(Cl)cc3)[nH][nH]c2=O)cc1. The summed E-state index contributed by atoms with van der Waals surface area (Å²) in [5.74, 6) is -0.0226. The Morgan fingerprint density at radius 3 is 2.25 bits per heavy atom. The number of H-pyrrole nitrogens is 2. The second-order valence-corrected chi connectivity index (χ2v) is 5.55. The summed E-state index contributed by atoms with van der Waals surface area (Å²) in [6, 6.07) is 13.7. The van der Waals surface area contributed by atoms with Gasteiger partial charge in [0, 0.05) is 16.1 Å². The molecule has 0 unspecified atom stereocenters. The summed E-state index contributed by atoms with van der Waals surface area (Å²) in [7, 11) is 0. The minimum absolute atomic E-state index is 0.0226. The number of aromatic nitrogens is 2.